The number of likely N-dealkylation sites (tertiary alicyclic amines) is 1. The van der Waals surface area contributed by atoms with E-state index in [0.717, 1.165) is 23.1 Å². The minimum absolute atomic E-state index is 0.161. The van der Waals surface area contributed by atoms with Gasteiger partial charge in [-0.2, -0.15) is 8.78 Å². The molecule has 2 atom stereocenters. The topological polar surface area (TPSA) is 93.5 Å². The normalized spacial score (nSPS) is 17.6. The average Bonchev–Trinajstić information content (AvgIpc) is 3.26. The van der Waals surface area contributed by atoms with Crippen LogP contribution in [-0.2, 0) is 9.53 Å². The van der Waals surface area contributed by atoms with Gasteiger partial charge in [-0.05, 0) is 57.5 Å². The summed E-state index contributed by atoms with van der Waals surface area (Å²) in [6.07, 6.45) is -7.70. The molecule has 2 unspecified atom stereocenters. The van der Waals surface area contributed by atoms with E-state index < -0.39 is 76.4 Å². The van der Waals surface area contributed by atoms with Gasteiger partial charge in [-0.1, -0.05) is 6.07 Å². The summed E-state index contributed by atoms with van der Waals surface area (Å²) in [6.45, 7) is 4.35. The van der Waals surface area contributed by atoms with Crippen LogP contribution in [0, 0.1) is 11.6 Å². The Bertz CT molecular complexity index is 1520. The highest BCUT2D eigenvalue weighted by molar-refractivity contribution is 5.80. The van der Waals surface area contributed by atoms with Crippen LogP contribution in [0.15, 0.2) is 41.2 Å². The van der Waals surface area contributed by atoms with Gasteiger partial charge in [-0.3, -0.25) is 19.1 Å². The van der Waals surface area contributed by atoms with Crippen molar-refractivity contribution >= 4 is 22.9 Å². The highest BCUT2D eigenvalue weighted by Crippen LogP contribution is 2.35. The molecule has 1 aliphatic rings. The van der Waals surface area contributed by atoms with E-state index in [1.807, 2.05) is 0 Å². The molecule has 1 N–H and O–H groups in total. The zero-order valence-electron chi connectivity index (χ0n) is 21.4. The van der Waals surface area contributed by atoms with Crippen molar-refractivity contribution < 1.29 is 40.7 Å². The van der Waals surface area contributed by atoms with Crippen LogP contribution in [0.25, 0.3) is 16.6 Å². The number of carbonyl (C=O) groups excluding carboxylic acids is 2. The van der Waals surface area contributed by atoms with Crippen molar-refractivity contribution in [3.05, 3.63) is 69.8 Å². The molecule has 2 heterocycles. The summed E-state index contributed by atoms with van der Waals surface area (Å²) in [7, 11) is 0. The summed E-state index contributed by atoms with van der Waals surface area (Å²) in [4.78, 5) is 43.9. The largest absolute Gasteiger partial charge is 0.444 e. The van der Waals surface area contributed by atoms with Gasteiger partial charge in [-0.25, -0.2) is 27.3 Å². The van der Waals surface area contributed by atoms with Crippen LogP contribution in [0.5, 0.6) is 0 Å². The number of hydrogen-bond acceptors (Lipinski definition) is 5. The van der Waals surface area contributed by atoms with Crippen molar-refractivity contribution in [3.63, 3.8) is 0 Å². The van der Waals surface area contributed by atoms with Gasteiger partial charge in [-0.15, -0.1) is 0 Å². The van der Waals surface area contributed by atoms with Crippen molar-refractivity contribution in [1.82, 2.24) is 19.8 Å². The Balaban J connectivity index is 1.96. The monoisotopic (exact) mass is 570 g/mol. The third-order valence-corrected chi connectivity index (χ3v) is 6.06. The molecule has 2 aromatic carbocycles. The molecule has 1 aromatic heterocycles. The van der Waals surface area contributed by atoms with E-state index >= 15 is 0 Å². The fourth-order valence-electron chi connectivity index (χ4n) is 4.50. The van der Waals surface area contributed by atoms with Gasteiger partial charge < -0.3 is 10.1 Å². The first-order valence-electron chi connectivity index (χ1n) is 12.0. The summed E-state index contributed by atoms with van der Waals surface area (Å²) in [5, 5.41) is 1.58. The Morgan fingerprint density at radius 2 is 1.80 bits per heavy atom. The Labute approximate surface area is 223 Å². The number of hydrogen-bond donors (Lipinski definition) is 1. The zero-order chi connectivity index (χ0) is 29.5. The first-order valence-corrected chi connectivity index (χ1v) is 12.0. The number of amides is 2. The summed E-state index contributed by atoms with van der Waals surface area (Å²) in [6, 6.07) is 3.35. The zero-order valence-corrected chi connectivity index (χ0v) is 21.4. The Morgan fingerprint density at radius 1 is 1.10 bits per heavy atom. The number of fused-ring (bicyclic) bond motifs is 1. The van der Waals surface area contributed by atoms with Crippen LogP contribution in [0.3, 0.4) is 0 Å². The molecule has 0 radical (unpaired) electrons. The van der Waals surface area contributed by atoms with Crippen LogP contribution in [0.2, 0.25) is 0 Å². The fourth-order valence-corrected chi connectivity index (χ4v) is 4.50. The van der Waals surface area contributed by atoms with Crippen molar-refractivity contribution in [2.24, 2.45) is 0 Å². The molecular weight excluding hydrogens is 546 g/mol. The molecule has 3 aromatic rings. The van der Waals surface area contributed by atoms with Crippen molar-refractivity contribution in [3.8, 4) is 5.69 Å². The van der Waals surface area contributed by atoms with Crippen molar-refractivity contribution in [2.45, 2.75) is 57.7 Å². The Morgan fingerprint density at radius 3 is 2.42 bits per heavy atom. The minimum Gasteiger partial charge on any atom is -0.444 e. The number of halogens is 6. The molecule has 2 amide bonds. The first-order chi connectivity index (χ1) is 18.7. The van der Waals surface area contributed by atoms with Gasteiger partial charge in [0.2, 0.25) is 0 Å². The summed E-state index contributed by atoms with van der Waals surface area (Å²) in [5.74, 6) is -4.03. The highest BCUT2D eigenvalue weighted by Gasteiger charge is 2.42. The second-order valence-corrected chi connectivity index (χ2v) is 10.2. The van der Waals surface area contributed by atoms with Crippen LogP contribution >= 0.6 is 0 Å². The number of nitrogens with one attached hydrogen (secondary N) is 1. The molecule has 0 saturated carbocycles. The number of rotatable bonds is 5. The molecule has 1 fully saturated rings. The first kappa shape index (κ1) is 28.9. The molecular formula is C26H24F6N4O4. The standard InChI is InChI=1S/C26H24F6N4O4/c1-26(2,3)40-25(39)35-11-14(33-23(37)21(31)32)10-18(35)22-34-17-6-4-5-16(28)19(17)24(38)36(22)15-8-12(20(29)30)7-13(27)9-15/h4-9,14,18,20-21H,10-11H2,1-3H3,(H,33,37). The lowest BCUT2D eigenvalue weighted by molar-refractivity contribution is -0.132. The highest BCUT2D eigenvalue weighted by atomic mass is 19.3. The second-order valence-electron chi connectivity index (χ2n) is 10.2. The third-order valence-electron chi connectivity index (χ3n) is 6.06. The predicted octanol–water partition coefficient (Wildman–Crippen LogP) is 5.03. The van der Waals surface area contributed by atoms with Crippen LogP contribution in [0.4, 0.5) is 31.1 Å². The summed E-state index contributed by atoms with van der Waals surface area (Å²) >= 11 is 0. The lowest BCUT2D eigenvalue weighted by atomic mass is 10.1. The molecule has 14 heteroatoms. The van der Waals surface area contributed by atoms with E-state index in [-0.39, 0.29) is 24.3 Å². The van der Waals surface area contributed by atoms with Gasteiger partial charge in [0.1, 0.15) is 28.4 Å². The van der Waals surface area contributed by atoms with E-state index in [9.17, 15) is 40.7 Å². The number of benzene rings is 2. The molecule has 8 nitrogen and oxygen atoms in total. The van der Waals surface area contributed by atoms with Crippen LogP contribution < -0.4 is 10.9 Å². The number of alkyl halides is 4. The van der Waals surface area contributed by atoms with Gasteiger partial charge in [0.25, 0.3) is 17.9 Å². The van der Waals surface area contributed by atoms with Gasteiger partial charge in [0.05, 0.1) is 17.2 Å². The molecule has 1 aliphatic heterocycles. The molecule has 40 heavy (non-hydrogen) atoms. The number of aromatic nitrogens is 2. The summed E-state index contributed by atoms with van der Waals surface area (Å²) in [5.41, 5.74) is -3.48. The van der Waals surface area contributed by atoms with Gasteiger partial charge in [0.15, 0.2) is 0 Å². The quantitative estimate of drug-likeness (QED) is 0.435. The lowest BCUT2D eigenvalue weighted by Gasteiger charge is -2.29. The Kier molecular flexibility index (Phi) is 7.81. The molecule has 0 bridgehead atoms. The van der Waals surface area contributed by atoms with Gasteiger partial charge >= 0.3 is 12.5 Å². The maximum Gasteiger partial charge on any atom is 0.410 e. The molecule has 0 aliphatic carbocycles. The molecule has 1 saturated heterocycles. The predicted molar refractivity (Wildman–Crippen MR) is 130 cm³/mol. The minimum atomic E-state index is -3.35. The maximum atomic E-state index is 14.8. The average molecular weight is 570 g/mol. The molecule has 214 valence electrons. The van der Waals surface area contributed by atoms with E-state index in [4.69, 9.17) is 4.74 Å². The van der Waals surface area contributed by atoms with E-state index in [1.54, 1.807) is 20.8 Å². The fraction of sp³-hybridized carbons (Fsp3) is 0.385. The third kappa shape index (κ3) is 5.89. The number of ether oxygens (including phenoxy) is 1. The SMILES string of the molecule is CC(C)(C)OC(=O)N1CC(NC(=O)C(F)F)CC1c1nc2cccc(F)c2c(=O)n1-c1cc(F)cc(C(F)F)c1. The number of nitrogens with zero attached hydrogens (tertiary/aromatic N) is 3. The number of carbonyl (C=O) groups is 2. The smallest absolute Gasteiger partial charge is 0.410 e. The Hall–Kier alpha value is -4.10. The maximum absolute atomic E-state index is 14.8. The van der Waals surface area contributed by atoms with Crippen LogP contribution in [-0.4, -0.2) is 51.1 Å². The van der Waals surface area contributed by atoms with E-state index in [1.165, 1.54) is 12.1 Å². The molecule has 4 rings (SSSR count). The van der Waals surface area contributed by atoms with Crippen LogP contribution in [0.1, 0.15) is 51.0 Å². The van der Waals surface area contributed by atoms with Gasteiger partial charge in [0, 0.05) is 18.2 Å². The second kappa shape index (κ2) is 10.8. The van der Waals surface area contributed by atoms with Crippen molar-refractivity contribution in [2.75, 3.05) is 6.54 Å². The molecule has 0 spiro atoms. The van der Waals surface area contributed by atoms with E-state index in [2.05, 4.69) is 10.3 Å². The summed E-state index contributed by atoms with van der Waals surface area (Å²) < 4.78 is 88.3. The van der Waals surface area contributed by atoms with Crippen molar-refractivity contribution in [1.29, 1.82) is 0 Å². The lowest BCUT2D eigenvalue weighted by Crippen LogP contribution is -2.42. The van der Waals surface area contributed by atoms with E-state index in [0.29, 0.717) is 10.6 Å².